The van der Waals surface area contributed by atoms with Crippen LogP contribution in [0.5, 0.6) is 17.2 Å². The number of esters is 1. The molecule has 0 spiro atoms. The van der Waals surface area contributed by atoms with Crippen LogP contribution < -0.4 is 14.2 Å². The molecule has 0 aliphatic rings. The molecule has 2 heterocycles. The second-order valence-corrected chi connectivity index (χ2v) is 6.71. The first kappa shape index (κ1) is 19.7. The van der Waals surface area contributed by atoms with E-state index in [0.717, 1.165) is 4.88 Å². The lowest BCUT2D eigenvalue weighted by Crippen LogP contribution is -2.12. The van der Waals surface area contributed by atoms with Crippen LogP contribution in [0, 0.1) is 0 Å². The molecule has 3 aromatic rings. The maximum absolute atomic E-state index is 12.4. The van der Waals surface area contributed by atoms with Crippen molar-refractivity contribution in [2.75, 3.05) is 21.3 Å². The molecule has 1 atom stereocenters. The number of methoxy groups -OCH3 is 3. The van der Waals surface area contributed by atoms with Gasteiger partial charge in [0.2, 0.25) is 5.75 Å². The van der Waals surface area contributed by atoms with Crippen molar-refractivity contribution in [3.63, 3.8) is 0 Å². The van der Waals surface area contributed by atoms with E-state index in [4.69, 9.17) is 23.4 Å². The molecule has 148 valence electrons. The zero-order chi connectivity index (χ0) is 20.1. The second-order valence-electron chi connectivity index (χ2n) is 5.77. The minimum absolute atomic E-state index is 0.0208. The Balaban J connectivity index is 1.68. The number of hydrogen-bond donors (Lipinski definition) is 0. The first-order valence-corrected chi connectivity index (χ1v) is 9.29. The third-order valence-corrected chi connectivity index (χ3v) is 4.76. The van der Waals surface area contributed by atoms with Crippen molar-refractivity contribution in [2.45, 2.75) is 19.4 Å². The summed E-state index contributed by atoms with van der Waals surface area (Å²) < 4.78 is 26.9. The van der Waals surface area contributed by atoms with Gasteiger partial charge in [0.25, 0.3) is 11.8 Å². The van der Waals surface area contributed by atoms with Crippen molar-refractivity contribution in [3.8, 4) is 28.0 Å². The van der Waals surface area contributed by atoms with Crippen LogP contribution in [0.4, 0.5) is 0 Å². The number of carbonyl (C=O) groups is 1. The molecule has 0 saturated heterocycles. The third-order valence-electron chi connectivity index (χ3n) is 3.90. The Morgan fingerprint density at radius 3 is 2.43 bits per heavy atom. The molecule has 0 fully saturated rings. The zero-order valence-electron chi connectivity index (χ0n) is 15.9. The first-order valence-electron chi connectivity index (χ1n) is 8.41. The molecule has 0 N–H and O–H groups in total. The number of rotatable bonds is 8. The summed E-state index contributed by atoms with van der Waals surface area (Å²) in [6, 6.07) is 7.18. The zero-order valence-corrected chi connectivity index (χ0v) is 16.7. The summed E-state index contributed by atoms with van der Waals surface area (Å²) >= 11 is 1.49. The summed E-state index contributed by atoms with van der Waals surface area (Å²) in [5, 5.41) is 9.87. The van der Waals surface area contributed by atoms with Crippen molar-refractivity contribution in [3.05, 3.63) is 41.1 Å². The smallest absolute Gasteiger partial charge is 0.311 e. The predicted molar refractivity (Wildman–Crippen MR) is 102 cm³/mol. The van der Waals surface area contributed by atoms with E-state index >= 15 is 0 Å². The topological polar surface area (TPSA) is 92.9 Å². The van der Waals surface area contributed by atoms with Crippen LogP contribution in [-0.2, 0) is 16.0 Å². The fraction of sp³-hybridized carbons (Fsp3) is 0.316. The largest absolute Gasteiger partial charge is 0.493 e. The van der Waals surface area contributed by atoms with Gasteiger partial charge in [0, 0.05) is 0 Å². The van der Waals surface area contributed by atoms with Crippen molar-refractivity contribution >= 4 is 17.3 Å². The van der Waals surface area contributed by atoms with Gasteiger partial charge in [-0.3, -0.25) is 4.79 Å². The van der Waals surface area contributed by atoms with E-state index < -0.39 is 12.1 Å². The van der Waals surface area contributed by atoms with Crippen LogP contribution in [0.3, 0.4) is 0 Å². The summed E-state index contributed by atoms with van der Waals surface area (Å²) in [5.74, 6) is 1.59. The van der Waals surface area contributed by atoms with Crippen molar-refractivity contribution in [2.24, 2.45) is 0 Å². The Morgan fingerprint density at radius 1 is 1.14 bits per heavy atom. The standard InChI is InChI=1S/C19H20N2O6S/c1-11(18-20-21-19(27-18)15-6-5-7-28-15)26-16(22)10-12-8-13(23-2)17(25-4)14(9-12)24-3/h5-9,11H,10H2,1-4H3/t11-/m1/s1. The van der Waals surface area contributed by atoms with E-state index in [9.17, 15) is 4.79 Å². The lowest BCUT2D eigenvalue weighted by atomic mass is 10.1. The summed E-state index contributed by atoms with van der Waals surface area (Å²) in [6.45, 7) is 1.68. The van der Waals surface area contributed by atoms with E-state index in [1.54, 1.807) is 19.1 Å². The van der Waals surface area contributed by atoms with Gasteiger partial charge >= 0.3 is 5.97 Å². The number of nitrogens with zero attached hydrogens (tertiary/aromatic N) is 2. The molecule has 0 saturated carbocycles. The van der Waals surface area contributed by atoms with Gasteiger partial charge in [-0.25, -0.2) is 0 Å². The van der Waals surface area contributed by atoms with Crippen LogP contribution in [-0.4, -0.2) is 37.5 Å². The van der Waals surface area contributed by atoms with Gasteiger partial charge in [-0.1, -0.05) is 6.07 Å². The highest BCUT2D eigenvalue weighted by Crippen LogP contribution is 2.38. The summed E-state index contributed by atoms with van der Waals surface area (Å²) in [4.78, 5) is 13.2. The fourth-order valence-corrected chi connectivity index (χ4v) is 3.24. The molecule has 2 aromatic heterocycles. The molecule has 1 aromatic carbocycles. The third kappa shape index (κ3) is 4.25. The Bertz CT molecular complexity index is 913. The average molecular weight is 404 g/mol. The molecular weight excluding hydrogens is 384 g/mol. The van der Waals surface area contributed by atoms with Crippen LogP contribution in [0.25, 0.3) is 10.8 Å². The van der Waals surface area contributed by atoms with Gasteiger partial charge < -0.3 is 23.4 Å². The van der Waals surface area contributed by atoms with Gasteiger partial charge in [0.15, 0.2) is 17.6 Å². The van der Waals surface area contributed by atoms with Gasteiger partial charge in [0.05, 0.1) is 32.6 Å². The molecule has 0 amide bonds. The first-order chi connectivity index (χ1) is 13.5. The summed E-state index contributed by atoms with van der Waals surface area (Å²) in [6.07, 6.45) is -0.650. The lowest BCUT2D eigenvalue weighted by molar-refractivity contribution is -0.148. The van der Waals surface area contributed by atoms with E-state index in [1.807, 2.05) is 17.5 Å². The van der Waals surface area contributed by atoms with Crippen LogP contribution >= 0.6 is 11.3 Å². The molecular formula is C19H20N2O6S. The second kappa shape index (κ2) is 8.75. The van der Waals surface area contributed by atoms with Gasteiger partial charge in [-0.05, 0) is 36.1 Å². The summed E-state index contributed by atoms with van der Waals surface area (Å²) in [7, 11) is 4.55. The number of carbonyl (C=O) groups excluding carboxylic acids is 1. The molecule has 0 aliphatic heterocycles. The predicted octanol–water partition coefficient (Wildman–Crippen LogP) is 3.67. The van der Waals surface area contributed by atoms with E-state index in [1.165, 1.54) is 32.7 Å². The van der Waals surface area contributed by atoms with Crippen molar-refractivity contribution in [1.82, 2.24) is 10.2 Å². The Hall–Kier alpha value is -3.07. The van der Waals surface area contributed by atoms with Crippen molar-refractivity contribution < 1.29 is 28.2 Å². The monoisotopic (exact) mass is 404 g/mol. The SMILES string of the molecule is COc1cc(CC(=O)O[C@H](C)c2nnc(-c3cccs3)o2)cc(OC)c1OC. The highest BCUT2D eigenvalue weighted by atomic mass is 32.1. The number of aromatic nitrogens is 2. The number of hydrogen-bond acceptors (Lipinski definition) is 9. The van der Waals surface area contributed by atoms with Crippen LogP contribution in [0.2, 0.25) is 0 Å². The molecule has 9 heteroatoms. The normalized spacial score (nSPS) is 11.7. The number of thiophene rings is 1. The van der Waals surface area contributed by atoms with Crippen LogP contribution in [0.15, 0.2) is 34.1 Å². The molecule has 28 heavy (non-hydrogen) atoms. The maximum atomic E-state index is 12.4. The van der Waals surface area contributed by atoms with E-state index in [0.29, 0.717) is 28.7 Å². The highest BCUT2D eigenvalue weighted by molar-refractivity contribution is 7.13. The Labute approximate surface area is 166 Å². The highest BCUT2D eigenvalue weighted by Gasteiger charge is 2.21. The van der Waals surface area contributed by atoms with Gasteiger partial charge in [-0.15, -0.1) is 21.5 Å². The quantitative estimate of drug-likeness (QED) is 0.525. The maximum Gasteiger partial charge on any atom is 0.311 e. The average Bonchev–Trinajstić information content (AvgIpc) is 3.38. The molecule has 0 unspecified atom stereocenters. The van der Waals surface area contributed by atoms with E-state index in [2.05, 4.69) is 10.2 Å². The Morgan fingerprint density at radius 2 is 1.86 bits per heavy atom. The number of benzene rings is 1. The lowest BCUT2D eigenvalue weighted by Gasteiger charge is -2.14. The summed E-state index contributed by atoms with van der Waals surface area (Å²) in [5.41, 5.74) is 0.663. The minimum Gasteiger partial charge on any atom is -0.493 e. The molecule has 0 bridgehead atoms. The molecule has 3 rings (SSSR count). The Kier molecular flexibility index (Phi) is 6.15. The molecule has 0 radical (unpaired) electrons. The number of ether oxygens (including phenoxy) is 4. The minimum atomic E-state index is -0.671. The molecule has 0 aliphatic carbocycles. The van der Waals surface area contributed by atoms with Gasteiger partial charge in [-0.2, -0.15) is 0 Å². The van der Waals surface area contributed by atoms with Gasteiger partial charge in [0.1, 0.15) is 0 Å². The molecule has 8 nitrogen and oxygen atoms in total. The van der Waals surface area contributed by atoms with E-state index in [-0.39, 0.29) is 12.3 Å². The fourth-order valence-electron chi connectivity index (χ4n) is 2.59. The van der Waals surface area contributed by atoms with Crippen LogP contribution in [0.1, 0.15) is 24.5 Å². The van der Waals surface area contributed by atoms with Crippen molar-refractivity contribution in [1.29, 1.82) is 0 Å².